The van der Waals surface area contributed by atoms with Gasteiger partial charge >= 0.3 is 23.8 Å². The van der Waals surface area contributed by atoms with Gasteiger partial charge in [-0.2, -0.15) is 13.2 Å². The average Bonchev–Trinajstić information content (AvgIpc) is 2.32. The van der Waals surface area contributed by atoms with Crippen molar-refractivity contribution in [3.8, 4) is 0 Å². The maximum atomic E-state index is 12.4. The molecule has 20 heavy (non-hydrogen) atoms. The van der Waals surface area contributed by atoms with Gasteiger partial charge < -0.3 is 21.5 Å². The van der Waals surface area contributed by atoms with E-state index in [9.17, 15) is 13.2 Å². The summed E-state index contributed by atoms with van der Waals surface area (Å²) in [5, 5.41) is 0. The smallest absolute Gasteiger partial charge is 0.439 e. The van der Waals surface area contributed by atoms with E-state index in [1.54, 1.807) is 6.55 Å². The zero-order valence-corrected chi connectivity index (χ0v) is 15.8. The first-order chi connectivity index (χ1) is 9.01. The molecular formula is C9H23F3O5Si3. The number of halogens is 3. The van der Waals surface area contributed by atoms with Gasteiger partial charge in [0.05, 0.1) is 0 Å². The second-order valence-electron chi connectivity index (χ2n) is 4.63. The zero-order valence-electron chi connectivity index (χ0n) is 12.7. The fourth-order valence-corrected chi connectivity index (χ4v) is 11.5. The Morgan fingerprint density at radius 3 is 1.75 bits per heavy atom. The molecule has 0 bridgehead atoms. The van der Waals surface area contributed by atoms with Crippen molar-refractivity contribution in [3.63, 3.8) is 0 Å². The highest BCUT2D eigenvalue weighted by Crippen LogP contribution is 2.30. The molecule has 0 fully saturated rings. The lowest BCUT2D eigenvalue weighted by Gasteiger charge is -2.35. The van der Waals surface area contributed by atoms with Crippen molar-refractivity contribution in [1.29, 1.82) is 0 Å². The van der Waals surface area contributed by atoms with E-state index in [0.717, 1.165) is 0 Å². The normalized spacial score (nSPS) is 16.5. The van der Waals surface area contributed by atoms with E-state index in [1.165, 1.54) is 21.3 Å². The second kappa shape index (κ2) is 8.03. The fourth-order valence-electron chi connectivity index (χ4n) is 1.64. The summed E-state index contributed by atoms with van der Waals surface area (Å²) in [6.07, 6.45) is -5.21. The van der Waals surface area contributed by atoms with Gasteiger partial charge in [-0.3, -0.25) is 0 Å². The van der Waals surface area contributed by atoms with Gasteiger partial charge in [-0.1, -0.05) is 0 Å². The average molecular weight is 353 g/mol. The molecule has 0 N–H and O–H groups in total. The first-order valence-electron chi connectivity index (χ1n) is 6.11. The molecule has 5 nitrogen and oxygen atoms in total. The van der Waals surface area contributed by atoms with E-state index < -0.39 is 39.2 Å². The molecule has 0 aliphatic carbocycles. The molecule has 0 saturated carbocycles. The SMILES string of the molecule is CO[Si](OC)(OC)O[Si](C)(CCC(F)(F)F)O[SiH](C)C. The molecule has 1 atom stereocenters. The Morgan fingerprint density at radius 2 is 1.45 bits per heavy atom. The van der Waals surface area contributed by atoms with Crippen molar-refractivity contribution in [2.45, 2.75) is 38.3 Å². The minimum absolute atomic E-state index is 0.216. The summed E-state index contributed by atoms with van der Waals surface area (Å²) >= 11 is 0. The van der Waals surface area contributed by atoms with Crippen LogP contribution in [0, 0.1) is 0 Å². The first kappa shape index (κ1) is 20.2. The lowest BCUT2D eigenvalue weighted by Crippen LogP contribution is -2.57. The fraction of sp³-hybridized carbons (Fsp3) is 1.00. The van der Waals surface area contributed by atoms with E-state index in [2.05, 4.69) is 0 Å². The largest absolute Gasteiger partial charge is 0.669 e. The highest BCUT2D eigenvalue weighted by molar-refractivity contribution is 6.79. The van der Waals surface area contributed by atoms with Gasteiger partial charge in [0.25, 0.3) is 0 Å². The number of alkyl halides is 3. The summed E-state index contributed by atoms with van der Waals surface area (Å²) < 4.78 is 64.1. The van der Waals surface area contributed by atoms with Crippen molar-refractivity contribution in [3.05, 3.63) is 0 Å². The van der Waals surface area contributed by atoms with E-state index in [4.69, 9.17) is 21.5 Å². The monoisotopic (exact) mass is 352 g/mol. The van der Waals surface area contributed by atoms with Crippen LogP contribution in [0.2, 0.25) is 25.7 Å². The van der Waals surface area contributed by atoms with Gasteiger partial charge in [0.2, 0.25) is 0 Å². The molecule has 0 rings (SSSR count). The first-order valence-corrected chi connectivity index (χ1v) is 13.1. The van der Waals surface area contributed by atoms with E-state index in [-0.39, 0.29) is 6.04 Å². The standard InChI is InChI=1S/C9H23F3O5Si3/c1-13-20(14-2,15-3)17-19(6,16-18(4)5)8-7-9(10,11)12/h18H,7-8H2,1-6H3. The summed E-state index contributed by atoms with van der Waals surface area (Å²) in [6.45, 7) is 5.33. The Hall–Kier alpha value is 0.241. The van der Waals surface area contributed by atoms with Crippen LogP contribution < -0.4 is 0 Å². The van der Waals surface area contributed by atoms with Gasteiger partial charge in [-0.25, -0.2) is 0 Å². The minimum atomic E-state index is -4.25. The summed E-state index contributed by atoms with van der Waals surface area (Å²) in [6, 6.07) is -0.216. The predicted octanol–water partition coefficient (Wildman–Crippen LogP) is 2.40. The molecule has 0 aliphatic heterocycles. The van der Waals surface area contributed by atoms with Crippen LogP contribution in [-0.4, -0.2) is 54.2 Å². The molecule has 0 saturated heterocycles. The maximum Gasteiger partial charge on any atom is 0.669 e. The van der Waals surface area contributed by atoms with Crippen LogP contribution in [0.25, 0.3) is 0 Å². The van der Waals surface area contributed by atoms with Crippen molar-refractivity contribution < 1.29 is 34.7 Å². The van der Waals surface area contributed by atoms with Crippen molar-refractivity contribution in [2.24, 2.45) is 0 Å². The van der Waals surface area contributed by atoms with E-state index >= 15 is 0 Å². The number of hydrogen-bond acceptors (Lipinski definition) is 5. The van der Waals surface area contributed by atoms with Crippen molar-refractivity contribution in [1.82, 2.24) is 0 Å². The van der Waals surface area contributed by atoms with Gasteiger partial charge in [-0.15, -0.1) is 0 Å². The molecule has 0 heterocycles. The second-order valence-corrected chi connectivity index (χ2v) is 13.5. The Balaban J connectivity index is 5.02. The zero-order chi connectivity index (χ0) is 16.0. The Bertz CT molecular complexity index is 280. The van der Waals surface area contributed by atoms with Crippen LogP contribution in [-0.2, 0) is 21.5 Å². The maximum absolute atomic E-state index is 12.4. The van der Waals surface area contributed by atoms with Crippen molar-refractivity contribution in [2.75, 3.05) is 21.3 Å². The van der Waals surface area contributed by atoms with Gasteiger partial charge in [0.15, 0.2) is 9.04 Å². The minimum Gasteiger partial charge on any atom is -0.439 e. The number of hydrogen-bond donors (Lipinski definition) is 0. The predicted molar refractivity (Wildman–Crippen MR) is 74.9 cm³/mol. The molecule has 11 heteroatoms. The van der Waals surface area contributed by atoms with E-state index in [1.807, 2.05) is 13.1 Å². The quantitative estimate of drug-likeness (QED) is 0.596. The van der Waals surface area contributed by atoms with Crippen LogP contribution in [0.5, 0.6) is 0 Å². The number of rotatable bonds is 9. The highest BCUT2D eigenvalue weighted by atomic mass is 28.5. The summed E-state index contributed by atoms with van der Waals surface area (Å²) in [4.78, 5) is 0. The molecule has 0 aromatic heterocycles. The topological polar surface area (TPSA) is 46.2 Å². The molecule has 1 unspecified atom stereocenters. The molecule has 0 amide bonds. The Kier molecular flexibility index (Phi) is 8.12. The lowest BCUT2D eigenvalue weighted by molar-refractivity contribution is -0.131. The van der Waals surface area contributed by atoms with Crippen molar-refractivity contribution >= 4 is 26.6 Å². The molecule has 0 radical (unpaired) electrons. The van der Waals surface area contributed by atoms with Crippen LogP contribution in [0.4, 0.5) is 13.2 Å². The van der Waals surface area contributed by atoms with Crippen LogP contribution in [0.1, 0.15) is 6.42 Å². The lowest BCUT2D eigenvalue weighted by atomic mass is 10.5. The van der Waals surface area contributed by atoms with Crippen LogP contribution in [0.15, 0.2) is 0 Å². The van der Waals surface area contributed by atoms with Crippen LogP contribution >= 0.6 is 0 Å². The third-order valence-corrected chi connectivity index (χ3v) is 11.7. The molecule has 0 aliphatic rings. The third-order valence-electron chi connectivity index (χ3n) is 2.44. The summed E-state index contributed by atoms with van der Waals surface area (Å²) in [5.41, 5.74) is 0. The molecular weight excluding hydrogens is 329 g/mol. The Labute approximate surface area is 121 Å². The van der Waals surface area contributed by atoms with Gasteiger partial charge in [0.1, 0.15) is 0 Å². The summed E-state index contributed by atoms with van der Waals surface area (Å²) in [7, 11) is -4.08. The highest BCUT2D eigenvalue weighted by Gasteiger charge is 2.51. The third kappa shape index (κ3) is 7.31. The Morgan fingerprint density at radius 1 is 1.00 bits per heavy atom. The molecule has 0 aromatic rings. The molecule has 0 spiro atoms. The van der Waals surface area contributed by atoms with E-state index in [0.29, 0.717) is 0 Å². The summed E-state index contributed by atoms with van der Waals surface area (Å²) in [5.74, 6) is 0. The van der Waals surface area contributed by atoms with Gasteiger partial charge in [0, 0.05) is 27.8 Å². The van der Waals surface area contributed by atoms with Gasteiger partial charge in [-0.05, 0) is 25.7 Å². The van der Waals surface area contributed by atoms with Crippen LogP contribution in [0.3, 0.4) is 0 Å². The molecule has 122 valence electrons. The molecule has 0 aromatic carbocycles.